The first kappa shape index (κ1) is 35.0. The summed E-state index contributed by atoms with van der Waals surface area (Å²) in [5, 5.41) is 7.67. The molecule has 0 radical (unpaired) electrons. The Bertz CT molecular complexity index is 3610. The molecule has 0 amide bonds. The summed E-state index contributed by atoms with van der Waals surface area (Å²) in [6.45, 7) is 2.40. The third kappa shape index (κ3) is 4.95. The highest BCUT2D eigenvalue weighted by molar-refractivity contribution is 6.27. The Morgan fingerprint density at radius 1 is 0.274 bits per heavy atom. The van der Waals surface area contributed by atoms with Crippen LogP contribution in [0.25, 0.3) is 110 Å². The molecule has 11 aromatic rings. The van der Waals surface area contributed by atoms with Crippen molar-refractivity contribution < 1.29 is 0 Å². The smallest absolute Gasteiger partial charge is 0.0435 e. The van der Waals surface area contributed by atoms with Crippen molar-refractivity contribution in [3.63, 3.8) is 0 Å². The molecule has 1 unspecified atom stereocenters. The van der Waals surface area contributed by atoms with Crippen molar-refractivity contribution in [1.82, 2.24) is 0 Å². The van der Waals surface area contributed by atoms with E-state index in [4.69, 9.17) is 0 Å². The molecule has 62 heavy (non-hydrogen) atoms. The Labute approximate surface area is 362 Å². The van der Waals surface area contributed by atoms with Crippen molar-refractivity contribution in [3.05, 3.63) is 241 Å². The van der Waals surface area contributed by atoms with Crippen molar-refractivity contribution >= 4 is 32.3 Å². The lowest BCUT2D eigenvalue weighted by atomic mass is 9.74. The van der Waals surface area contributed by atoms with Crippen molar-refractivity contribution in [1.29, 1.82) is 0 Å². The van der Waals surface area contributed by atoms with E-state index in [-0.39, 0.29) is 5.41 Å². The molecule has 13 rings (SSSR count). The summed E-state index contributed by atoms with van der Waals surface area (Å²) in [5.41, 5.74) is 21.7. The monoisotopic (exact) mass is 784 g/mol. The van der Waals surface area contributed by atoms with Gasteiger partial charge in [-0.15, -0.1) is 0 Å². The minimum absolute atomic E-state index is 0.253. The molecule has 2 aliphatic carbocycles. The van der Waals surface area contributed by atoms with Crippen LogP contribution in [0, 0.1) is 0 Å². The first-order chi connectivity index (χ1) is 30.6. The maximum Gasteiger partial charge on any atom is 0.0435 e. The van der Waals surface area contributed by atoms with Crippen LogP contribution >= 0.6 is 0 Å². The zero-order valence-corrected chi connectivity index (χ0v) is 34.4. The van der Waals surface area contributed by atoms with E-state index >= 15 is 0 Å². The molecular formula is C62H40. The van der Waals surface area contributed by atoms with Gasteiger partial charge < -0.3 is 0 Å². The Hall–Kier alpha value is -7.80. The molecule has 0 saturated carbocycles. The number of benzene rings is 11. The lowest BCUT2D eigenvalue weighted by Gasteiger charge is -2.28. The molecule has 0 heteroatoms. The molecule has 0 heterocycles. The fourth-order valence-electron chi connectivity index (χ4n) is 11.2. The summed E-state index contributed by atoms with van der Waals surface area (Å²) in [4.78, 5) is 0. The Morgan fingerprint density at radius 3 is 1.56 bits per heavy atom. The molecule has 0 aliphatic heterocycles. The van der Waals surface area contributed by atoms with Gasteiger partial charge in [-0.3, -0.25) is 0 Å². The molecule has 2 aliphatic rings. The van der Waals surface area contributed by atoms with Gasteiger partial charge in [0.2, 0.25) is 0 Å². The van der Waals surface area contributed by atoms with E-state index in [1.165, 1.54) is 127 Å². The number of rotatable bonds is 5. The van der Waals surface area contributed by atoms with Crippen molar-refractivity contribution in [2.75, 3.05) is 0 Å². The summed E-state index contributed by atoms with van der Waals surface area (Å²) >= 11 is 0. The zero-order valence-electron chi connectivity index (χ0n) is 34.4. The van der Waals surface area contributed by atoms with Gasteiger partial charge >= 0.3 is 0 Å². The van der Waals surface area contributed by atoms with Gasteiger partial charge in [-0.25, -0.2) is 0 Å². The third-order valence-electron chi connectivity index (χ3n) is 14.0. The van der Waals surface area contributed by atoms with E-state index in [1.807, 2.05) is 0 Å². The molecular weight excluding hydrogens is 745 g/mol. The standard InChI is InChI=1S/C62H40/c1-62(46-23-9-4-10-24-46)55-30-14-13-25-48(55)54-36-42-31-32-43(35-45(42)38-56(54)62)47-34-33-44(37-53(47)39-17-5-2-6-18-39)59-50-27-12-11-26-49(50)58(41-19-7-3-8-20-41)60-51-28-15-21-40-22-16-29-52(57(40)51)61(59)60/h2-38H,1H3. The highest BCUT2D eigenvalue weighted by Gasteiger charge is 2.41. The SMILES string of the molecule is CC1(c2ccccc2)c2ccccc2-c2cc3ccc(-c4ccc(-c5c6c(c(-c7ccccc7)c7ccccc57)-c5cccc7cccc-6c57)cc4-c4ccccc4)cc3cc21. The van der Waals surface area contributed by atoms with Gasteiger partial charge in [0.05, 0.1) is 0 Å². The topological polar surface area (TPSA) is 0 Å². The second-order valence-electron chi connectivity index (χ2n) is 17.2. The summed E-state index contributed by atoms with van der Waals surface area (Å²) in [5.74, 6) is 0. The molecule has 288 valence electrons. The highest BCUT2D eigenvalue weighted by Crippen LogP contribution is 2.58. The van der Waals surface area contributed by atoms with Gasteiger partial charge in [0, 0.05) is 5.41 Å². The van der Waals surface area contributed by atoms with Gasteiger partial charge in [-0.05, 0) is 158 Å². The van der Waals surface area contributed by atoms with Crippen molar-refractivity contribution in [2.24, 2.45) is 0 Å². The number of fused-ring (bicyclic) bond motifs is 8. The molecule has 0 spiro atoms. The van der Waals surface area contributed by atoms with E-state index < -0.39 is 0 Å². The van der Waals surface area contributed by atoms with E-state index in [0.717, 1.165) is 0 Å². The van der Waals surface area contributed by atoms with Crippen LogP contribution in [0.5, 0.6) is 0 Å². The maximum atomic E-state index is 2.47. The minimum atomic E-state index is -0.253. The van der Waals surface area contributed by atoms with Gasteiger partial charge in [-0.1, -0.05) is 200 Å². The molecule has 0 aromatic heterocycles. The molecule has 0 saturated heterocycles. The largest absolute Gasteiger partial charge is 0.0622 e. The quantitative estimate of drug-likeness (QED) is 0.163. The summed E-state index contributed by atoms with van der Waals surface area (Å²) in [6, 6.07) is 83.8. The van der Waals surface area contributed by atoms with Gasteiger partial charge in [0.15, 0.2) is 0 Å². The Balaban J connectivity index is 1.05. The molecule has 1 atom stereocenters. The van der Waals surface area contributed by atoms with Crippen molar-refractivity contribution in [3.8, 4) is 77.9 Å². The first-order valence-corrected chi connectivity index (χ1v) is 21.8. The maximum absolute atomic E-state index is 2.47. The van der Waals surface area contributed by atoms with Gasteiger partial charge in [0.25, 0.3) is 0 Å². The average Bonchev–Trinajstić information content (AvgIpc) is 3.80. The summed E-state index contributed by atoms with van der Waals surface area (Å²) in [7, 11) is 0. The summed E-state index contributed by atoms with van der Waals surface area (Å²) in [6.07, 6.45) is 0. The van der Waals surface area contributed by atoms with Crippen LogP contribution in [0.15, 0.2) is 224 Å². The second kappa shape index (κ2) is 13.4. The second-order valence-corrected chi connectivity index (χ2v) is 17.2. The van der Waals surface area contributed by atoms with Gasteiger partial charge in [-0.2, -0.15) is 0 Å². The van der Waals surface area contributed by atoms with E-state index in [0.29, 0.717) is 0 Å². The lowest BCUT2D eigenvalue weighted by molar-refractivity contribution is 0.715. The third-order valence-corrected chi connectivity index (χ3v) is 14.0. The zero-order chi connectivity index (χ0) is 40.9. The van der Waals surface area contributed by atoms with E-state index in [9.17, 15) is 0 Å². The Kier molecular flexibility index (Phi) is 7.54. The fraction of sp³-hybridized carbons (Fsp3) is 0.0323. The number of hydrogen-bond donors (Lipinski definition) is 0. The van der Waals surface area contributed by atoms with Crippen LogP contribution in [0.4, 0.5) is 0 Å². The molecule has 0 bridgehead atoms. The van der Waals surface area contributed by atoms with Crippen LogP contribution in [0.1, 0.15) is 23.6 Å². The van der Waals surface area contributed by atoms with E-state index in [2.05, 4.69) is 231 Å². The van der Waals surface area contributed by atoms with E-state index in [1.54, 1.807) is 0 Å². The normalized spacial score (nSPS) is 14.6. The van der Waals surface area contributed by atoms with Crippen LogP contribution in [0.3, 0.4) is 0 Å². The van der Waals surface area contributed by atoms with Crippen LogP contribution < -0.4 is 0 Å². The highest BCUT2D eigenvalue weighted by atomic mass is 14.4. The molecule has 0 fully saturated rings. The van der Waals surface area contributed by atoms with Gasteiger partial charge in [0.1, 0.15) is 0 Å². The van der Waals surface area contributed by atoms with Crippen LogP contribution in [0.2, 0.25) is 0 Å². The average molecular weight is 785 g/mol. The number of hydrogen-bond acceptors (Lipinski definition) is 0. The minimum Gasteiger partial charge on any atom is -0.0622 e. The Morgan fingerprint density at radius 2 is 0.855 bits per heavy atom. The van der Waals surface area contributed by atoms with Crippen LogP contribution in [-0.4, -0.2) is 0 Å². The molecule has 0 nitrogen and oxygen atoms in total. The molecule has 11 aromatic carbocycles. The van der Waals surface area contributed by atoms with Crippen molar-refractivity contribution in [2.45, 2.75) is 12.3 Å². The lowest BCUT2D eigenvalue weighted by Crippen LogP contribution is -2.22. The summed E-state index contributed by atoms with van der Waals surface area (Å²) < 4.78 is 0. The predicted octanol–water partition coefficient (Wildman–Crippen LogP) is 16.8. The fourth-order valence-corrected chi connectivity index (χ4v) is 11.2. The first-order valence-electron chi connectivity index (χ1n) is 21.8. The molecule has 0 N–H and O–H groups in total. The predicted molar refractivity (Wildman–Crippen MR) is 263 cm³/mol. The van der Waals surface area contributed by atoms with Crippen LogP contribution in [-0.2, 0) is 5.41 Å².